The molecule has 0 heterocycles. The van der Waals surface area contributed by atoms with Crippen molar-refractivity contribution in [2.45, 2.75) is 63.5 Å². The van der Waals surface area contributed by atoms with E-state index in [0.29, 0.717) is 13.2 Å². The van der Waals surface area contributed by atoms with E-state index >= 15 is 0 Å². The zero-order valence-corrected chi connectivity index (χ0v) is 37.0. The first-order chi connectivity index (χ1) is 24.1. The molecule has 0 nitrogen and oxygen atoms in total. The maximum absolute atomic E-state index is 3.83. The quantitative estimate of drug-likeness (QED) is 0.134. The fraction of sp³-hybridized carbons (Fsp3) is 0.250. The maximum atomic E-state index is 2.81. The van der Waals surface area contributed by atoms with E-state index in [0.717, 1.165) is 6.42 Å². The minimum atomic E-state index is -3.83. The first-order valence-corrected chi connectivity index (χ1v) is 32.5. The van der Waals surface area contributed by atoms with Crippen LogP contribution in [0.4, 0.5) is 0 Å². The van der Waals surface area contributed by atoms with Gasteiger partial charge in [0.05, 0.1) is 0 Å². The third-order valence-corrected chi connectivity index (χ3v) is 29.7. The average molecular weight is 819 g/mol. The smallest absolute Gasteiger partial charge is 0.147 e. The fourth-order valence-electron chi connectivity index (χ4n) is 10.1. The van der Waals surface area contributed by atoms with E-state index in [9.17, 15) is 0 Å². The van der Waals surface area contributed by atoms with Crippen molar-refractivity contribution in [1.29, 1.82) is 0 Å². The van der Waals surface area contributed by atoms with Gasteiger partial charge in [0.15, 0.2) is 0 Å². The average Bonchev–Trinajstić information content (AvgIpc) is 3.70. The number of fused-ring (bicyclic) bond motifs is 4. The second kappa shape index (κ2) is 14.7. The van der Waals surface area contributed by atoms with Crippen molar-refractivity contribution in [3.8, 4) is 22.3 Å². The summed E-state index contributed by atoms with van der Waals surface area (Å²) >= 11 is -3.83. The van der Waals surface area contributed by atoms with Gasteiger partial charge in [-0.15, -0.1) is 24.8 Å². The Morgan fingerprint density at radius 1 is 0.615 bits per heavy atom. The number of benzene rings is 6. The summed E-state index contributed by atoms with van der Waals surface area (Å²) in [5.74, 6) is 0.483. The van der Waals surface area contributed by atoms with Crippen LogP contribution in [0.2, 0.25) is 9.26 Å². The van der Waals surface area contributed by atoms with Crippen LogP contribution in [0.5, 0.6) is 0 Å². The van der Waals surface area contributed by atoms with E-state index in [1.165, 1.54) is 67.8 Å². The first-order valence-electron chi connectivity index (χ1n) is 18.8. The predicted molar refractivity (Wildman–Crippen MR) is 234 cm³/mol. The van der Waals surface area contributed by atoms with Crippen LogP contribution in [-0.2, 0) is 23.8 Å². The van der Waals surface area contributed by atoms with Crippen molar-refractivity contribution < 1.29 is 17.4 Å². The van der Waals surface area contributed by atoms with Gasteiger partial charge < -0.3 is 0 Å². The van der Waals surface area contributed by atoms with E-state index in [2.05, 4.69) is 171 Å². The normalized spacial score (nSPS) is 16.6. The minimum absolute atomic E-state index is 0. The summed E-state index contributed by atoms with van der Waals surface area (Å²) in [6.45, 7) is 12.2. The molecule has 2 aliphatic rings. The van der Waals surface area contributed by atoms with Crippen LogP contribution in [0, 0.1) is 5.92 Å². The van der Waals surface area contributed by atoms with Gasteiger partial charge in [0.1, 0.15) is 0 Å². The second-order valence-corrected chi connectivity index (χ2v) is 47.0. The van der Waals surface area contributed by atoms with Crippen LogP contribution in [0.1, 0.15) is 75.6 Å². The summed E-state index contributed by atoms with van der Waals surface area (Å²) in [7, 11) is 0. The third kappa shape index (κ3) is 6.26. The van der Waals surface area contributed by atoms with Crippen molar-refractivity contribution in [3.05, 3.63) is 154 Å². The Kier molecular flexibility index (Phi) is 10.9. The van der Waals surface area contributed by atoms with E-state index in [-0.39, 0.29) is 24.8 Å². The summed E-state index contributed by atoms with van der Waals surface area (Å²) in [6, 6.07) is 43.6. The van der Waals surface area contributed by atoms with Crippen molar-refractivity contribution >= 4 is 65.4 Å². The maximum Gasteiger partial charge on any atom is -0.147 e. The molecule has 6 aromatic carbocycles. The number of hydrogen-bond donors (Lipinski definition) is 0. The molecule has 0 radical (unpaired) electrons. The molecular formula is C48H52Cl2SiZr. The Hall–Kier alpha value is -3.00. The Morgan fingerprint density at radius 2 is 1.15 bits per heavy atom. The molecule has 2 unspecified atom stereocenters. The SMILES string of the molecule is CCCCc1ccc(-c2cccc3ccccc23)c2c1[CH]([Zr]([CH3])([CH3])(=[SiH2])[CH]1C(C(C)C)=Cc3c(-c4cccc5ccccc45)cccc31)C(C)=C2.Cl.Cl. The van der Waals surface area contributed by atoms with Crippen LogP contribution in [0.15, 0.2) is 126 Å². The summed E-state index contributed by atoms with van der Waals surface area (Å²) in [4.78, 5) is 0. The summed E-state index contributed by atoms with van der Waals surface area (Å²) in [5, 5.41) is 5.31. The molecule has 0 spiro atoms. The van der Waals surface area contributed by atoms with Crippen LogP contribution in [-0.4, -0.2) is 6.88 Å². The molecule has 0 amide bonds. The molecule has 266 valence electrons. The first kappa shape index (κ1) is 38.7. The molecule has 0 bridgehead atoms. The monoisotopic (exact) mass is 816 g/mol. The minimum Gasteiger partial charge on any atom is -0.147 e. The summed E-state index contributed by atoms with van der Waals surface area (Å²) < 4.78 is 6.60. The van der Waals surface area contributed by atoms with Gasteiger partial charge in [-0.05, 0) is 0 Å². The molecule has 0 aliphatic heterocycles. The summed E-state index contributed by atoms with van der Waals surface area (Å²) in [5.41, 5.74) is 16.5. The number of unbranched alkanes of at least 4 members (excludes halogenated alkanes) is 1. The van der Waals surface area contributed by atoms with Gasteiger partial charge in [0.2, 0.25) is 0 Å². The van der Waals surface area contributed by atoms with Gasteiger partial charge >= 0.3 is 304 Å². The number of halogens is 2. The summed E-state index contributed by atoms with van der Waals surface area (Å²) in [6.07, 6.45) is 8.84. The van der Waals surface area contributed by atoms with Gasteiger partial charge in [-0.3, -0.25) is 0 Å². The Morgan fingerprint density at radius 3 is 1.75 bits per heavy atom. The standard InChI is InChI=1S/C24H23.C22H19.2CH3.2ClH.H2Si.Zr/c1-3-4-8-19-13-14-22(24-16-17(2)15-23(19)24)21-12-7-10-18-9-5-6-11-20(18)21;1-15(2)18-13-17-9-6-12-21(22(17)14-18)20-11-5-8-16-7-3-4-10-19(16)20;;;;;;/h5-7,9-16H,3-4,8H2,1-2H3;3-15H,1-2H3;2*1H3;2*1H;1H2;. The van der Waals surface area contributed by atoms with Crippen molar-refractivity contribution in [2.75, 3.05) is 0 Å². The number of allylic oxidation sites excluding steroid dienone is 2. The molecule has 6 aromatic rings. The van der Waals surface area contributed by atoms with E-state index < -0.39 is 17.4 Å². The van der Waals surface area contributed by atoms with Gasteiger partial charge in [-0.1, -0.05) is 0 Å². The number of rotatable bonds is 8. The third-order valence-electron chi connectivity index (χ3n) is 12.1. The Labute approximate surface area is 326 Å². The van der Waals surface area contributed by atoms with Crippen molar-refractivity contribution in [1.82, 2.24) is 0 Å². The zero-order chi connectivity index (χ0) is 34.8. The molecule has 0 fully saturated rings. The molecule has 0 saturated heterocycles. The largest absolute Gasteiger partial charge is 0.147 e. The Bertz CT molecular complexity index is 2450. The molecule has 0 saturated carbocycles. The van der Waals surface area contributed by atoms with Gasteiger partial charge in [0, 0.05) is 0 Å². The van der Waals surface area contributed by atoms with Gasteiger partial charge in [-0.2, -0.15) is 0 Å². The number of aryl methyl sites for hydroxylation is 1. The van der Waals surface area contributed by atoms with Crippen LogP contribution < -0.4 is 0 Å². The van der Waals surface area contributed by atoms with Gasteiger partial charge in [0.25, 0.3) is 0 Å². The molecule has 2 aliphatic carbocycles. The molecule has 4 heteroatoms. The van der Waals surface area contributed by atoms with E-state index in [1.807, 2.05) is 0 Å². The van der Waals surface area contributed by atoms with Crippen LogP contribution in [0.3, 0.4) is 0 Å². The zero-order valence-electron chi connectivity index (χ0n) is 31.5. The molecule has 52 heavy (non-hydrogen) atoms. The predicted octanol–water partition coefficient (Wildman–Crippen LogP) is 14.1. The molecule has 0 N–H and O–H groups in total. The van der Waals surface area contributed by atoms with E-state index in [4.69, 9.17) is 0 Å². The second-order valence-electron chi connectivity index (χ2n) is 16.6. The molecule has 0 aromatic heterocycles. The van der Waals surface area contributed by atoms with E-state index in [1.54, 1.807) is 27.8 Å². The topological polar surface area (TPSA) is 0 Å². The molecule has 2 atom stereocenters. The van der Waals surface area contributed by atoms with Crippen LogP contribution >= 0.6 is 24.8 Å². The van der Waals surface area contributed by atoms with Gasteiger partial charge in [-0.25, -0.2) is 0 Å². The van der Waals surface area contributed by atoms with Crippen LogP contribution in [0.25, 0.3) is 56.0 Å². The molecular weight excluding hydrogens is 767 g/mol. The Balaban J connectivity index is 0.00000232. The fourth-order valence-corrected chi connectivity index (χ4v) is 30.6. The number of hydrogen-bond acceptors (Lipinski definition) is 0. The molecule has 8 rings (SSSR count). The van der Waals surface area contributed by atoms with Crippen molar-refractivity contribution in [2.24, 2.45) is 5.92 Å². The van der Waals surface area contributed by atoms with Crippen molar-refractivity contribution in [3.63, 3.8) is 0 Å².